The van der Waals surface area contributed by atoms with Gasteiger partial charge in [0.1, 0.15) is 9.84 Å². The zero-order valence-electron chi connectivity index (χ0n) is 9.74. The van der Waals surface area contributed by atoms with Crippen LogP contribution in [0.3, 0.4) is 0 Å². The first-order valence-corrected chi connectivity index (χ1v) is 7.95. The molecule has 0 aliphatic rings. The summed E-state index contributed by atoms with van der Waals surface area (Å²) < 4.78 is 21.8. The molecular weight excluding hydrogens is 244 g/mol. The van der Waals surface area contributed by atoms with E-state index in [2.05, 4.69) is 0 Å². The summed E-state index contributed by atoms with van der Waals surface area (Å²) in [6, 6.07) is 1.88. The Bertz CT molecular complexity index is 464. The largest absolute Gasteiger partial charge is 0.293 e. The van der Waals surface area contributed by atoms with Crippen LogP contribution in [-0.2, 0) is 9.84 Å². The normalized spacial score (nSPS) is 11.7. The molecule has 1 aromatic heterocycles. The topological polar surface area (TPSA) is 51.2 Å². The lowest BCUT2D eigenvalue weighted by Crippen LogP contribution is -2.05. The Morgan fingerprint density at radius 1 is 1.38 bits per heavy atom. The summed E-state index contributed by atoms with van der Waals surface area (Å²) in [5.41, 5.74) is 1.12. The molecule has 0 aliphatic heterocycles. The van der Waals surface area contributed by atoms with Crippen molar-refractivity contribution in [3.8, 4) is 0 Å². The third-order valence-corrected chi connectivity index (χ3v) is 4.58. The molecule has 3 nitrogen and oxygen atoms in total. The first-order chi connectivity index (χ1) is 7.29. The molecule has 1 heterocycles. The lowest BCUT2D eigenvalue weighted by Gasteiger charge is -1.97. The molecule has 0 amide bonds. The Labute approximate surface area is 100 Å². The predicted molar refractivity (Wildman–Crippen MR) is 67.1 cm³/mol. The fraction of sp³-hybridized carbons (Fsp3) is 0.545. The van der Waals surface area contributed by atoms with Gasteiger partial charge in [-0.15, -0.1) is 11.3 Å². The maximum absolute atomic E-state index is 11.7. The van der Waals surface area contributed by atoms with Crippen molar-refractivity contribution in [1.82, 2.24) is 0 Å². The molecule has 1 aromatic rings. The van der Waals surface area contributed by atoms with Gasteiger partial charge in [-0.3, -0.25) is 4.79 Å². The summed E-state index contributed by atoms with van der Waals surface area (Å²) in [5.74, 6) is 0.132. The lowest BCUT2D eigenvalue weighted by atomic mass is 10.2. The number of sulfone groups is 1. The molecule has 0 fully saturated rings. The molecule has 0 spiro atoms. The van der Waals surface area contributed by atoms with Crippen LogP contribution in [0.2, 0.25) is 0 Å². The highest BCUT2D eigenvalue weighted by Gasteiger charge is 2.11. The summed E-state index contributed by atoms with van der Waals surface area (Å²) in [4.78, 5) is 13.6. The number of ketones is 1. The van der Waals surface area contributed by atoms with Gasteiger partial charge < -0.3 is 0 Å². The van der Waals surface area contributed by atoms with Crippen LogP contribution in [0, 0.1) is 13.8 Å². The molecule has 5 heteroatoms. The second-order valence-corrected chi connectivity index (χ2v) is 7.52. The van der Waals surface area contributed by atoms with Crippen molar-refractivity contribution in [2.45, 2.75) is 26.7 Å². The van der Waals surface area contributed by atoms with E-state index in [0.29, 0.717) is 12.8 Å². The van der Waals surface area contributed by atoms with Gasteiger partial charge in [0, 0.05) is 17.6 Å². The minimum atomic E-state index is -2.95. The lowest BCUT2D eigenvalue weighted by molar-refractivity contribution is 0.0986. The summed E-state index contributed by atoms with van der Waals surface area (Å²) in [5, 5.41) is 0. The van der Waals surface area contributed by atoms with Crippen LogP contribution in [0.1, 0.15) is 33.0 Å². The predicted octanol–water partition coefficient (Wildman–Crippen LogP) is 2.37. The van der Waals surface area contributed by atoms with E-state index in [9.17, 15) is 13.2 Å². The zero-order valence-corrected chi connectivity index (χ0v) is 11.4. The van der Waals surface area contributed by atoms with Crippen molar-refractivity contribution in [3.63, 3.8) is 0 Å². The molecule has 0 atom stereocenters. The van der Waals surface area contributed by atoms with E-state index in [1.54, 1.807) is 0 Å². The van der Waals surface area contributed by atoms with Crippen LogP contribution in [-0.4, -0.2) is 26.2 Å². The van der Waals surface area contributed by atoms with E-state index in [1.807, 2.05) is 19.9 Å². The molecule has 0 aromatic carbocycles. The average Bonchev–Trinajstić information content (AvgIpc) is 2.45. The van der Waals surface area contributed by atoms with Crippen molar-refractivity contribution < 1.29 is 13.2 Å². The third kappa shape index (κ3) is 4.06. The van der Waals surface area contributed by atoms with Crippen molar-refractivity contribution in [3.05, 3.63) is 21.4 Å². The molecule has 0 saturated carbocycles. The maximum atomic E-state index is 11.7. The summed E-state index contributed by atoms with van der Waals surface area (Å²) in [7, 11) is -2.95. The average molecular weight is 260 g/mol. The number of Topliss-reactive ketones (excluding diaryl/α,β-unsaturated/α-hetero) is 1. The fourth-order valence-corrected chi connectivity index (χ4v) is 3.00. The number of hydrogen-bond acceptors (Lipinski definition) is 4. The minimum absolute atomic E-state index is 0.0462. The number of thiophene rings is 1. The van der Waals surface area contributed by atoms with E-state index < -0.39 is 9.84 Å². The molecular formula is C11H16O3S2. The van der Waals surface area contributed by atoms with Crippen LogP contribution in [0.15, 0.2) is 6.07 Å². The summed E-state index contributed by atoms with van der Waals surface area (Å²) >= 11 is 1.48. The van der Waals surface area contributed by atoms with E-state index in [4.69, 9.17) is 0 Å². The van der Waals surface area contributed by atoms with E-state index in [-0.39, 0.29) is 11.5 Å². The second kappa shape index (κ2) is 5.10. The SMILES string of the molecule is Cc1cc(C(=O)CCCS(C)(=O)=O)sc1C. The van der Waals surface area contributed by atoms with Crippen LogP contribution >= 0.6 is 11.3 Å². The van der Waals surface area contributed by atoms with Crippen LogP contribution in [0.5, 0.6) is 0 Å². The van der Waals surface area contributed by atoms with Crippen molar-refractivity contribution >= 4 is 27.0 Å². The standard InChI is InChI=1S/C11H16O3S2/c1-8-7-11(15-9(8)2)10(12)5-4-6-16(3,13)14/h7H,4-6H2,1-3H3. The molecule has 16 heavy (non-hydrogen) atoms. The van der Waals surface area contributed by atoms with Gasteiger partial charge >= 0.3 is 0 Å². The Hall–Kier alpha value is -0.680. The van der Waals surface area contributed by atoms with Gasteiger partial charge in [0.15, 0.2) is 5.78 Å². The highest BCUT2D eigenvalue weighted by molar-refractivity contribution is 7.90. The van der Waals surface area contributed by atoms with E-state index in [0.717, 1.165) is 15.3 Å². The van der Waals surface area contributed by atoms with Crippen LogP contribution in [0.4, 0.5) is 0 Å². The van der Waals surface area contributed by atoms with Crippen molar-refractivity contribution in [2.24, 2.45) is 0 Å². The van der Waals surface area contributed by atoms with Crippen LogP contribution in [0.25, 0.3) is 0 Å². The summed E-state index contributed by atoms with van der Waals surface area (Å²) in [6.45, 7) is 3.95. The van der Waals surface area contributed by atoms with Crippen LogP contribution < -0.4 is 0 Å². The van der Waals surface area contributed by atoms with Gasteiger partial charge in [-0.1, -0.05) is 0 Å². The van der Waals surface area contributed by atoms with E-state index in [1.165, 1.54) is 17.6 Å². The summed E-state index contributed by atoms with van der Waals surface area (Å²) in [6.07, 6.45) is 1.91. The van der Waals surface area contributed by atoms with Gasteiger partial charge in [-0.05, 0) is 31.9 Å². The van der Waals surface area contributed by atoms with Gasteiger partial charge in [-0.2, -0.15) is 0 Å². The number of carbonyl (C=O) groups is 1. The second-order valence-electron chi connectivity index (χ2n) is 4.01. The molecule has 0 N–H and O–H groups in total. The molecule has 90 valence electrons. The zero-order chi connectivity index (χ0) is 12.3. The van der Waals surface area contributed by atoms with Gasteiger partial charge in [0.05, 0.1) is 10.6 Å². The number of carbonyl (C=O) groups excluding carboxylic acids is 1. The number of rotatable bonds is 5. The smallest absolute Gasteiger partial charge is 0.172 e. The first kappa shape index (κ1) is 13.4. The maximum Gasteiger partial charge on any atom is 0.172 e. The molecule has 0 aliphatic carbocycles. The Balaban J connectivity index is 2.54. The highest BCUT2D eigenvalue weighted by atomic mass is 32.2. The van der Waals surface area contributed by atoms with Gasteiger partial charge in [0.25, 0.3) is 0 Å². The molecule has 0 bridgehead atoms. The Kier molecular flexibility index (Phi) is 4.27. The van der Waals surface area contributed by atoms with Crippen molar-refractivity contribution in [1.29, 1.82) is 0 Å². The number of hydrogen-bond donors (Lipinski definition) is 0. The first-order valence-electron chi connectivity index (χ1n) is 5.07. The third-order valence-electron chi connectivity index (χ3n) is 2.36. The molecule has 0 radical (unpaired) electrons. The Morgan fingerprint density at radius 2 is 2.00 bits per heavy atom. The number of aryl methyl sites for hydroxylation is 2. The minimum Gasteiger partial charge on any atom is -0.293 e. The fourth-order valence-electron chi connectivity index (χ4n) is 1.33. The quantitative estimate of drug-likeness (QED) is 0.764. The molecule has 0 unspecified atom stereocenters. The van der Waals surface area contributed by atoms with Crippen molar-refractivity contribution in [2.75, 3.05) is 12.0 Å². The molecule has 0 saturated heterocycles. The molecule has 1 rings (SSSR count). The Morgan fingerprint density at radius 3 is 2.44 bits per heavy atom. The monoisotopic (exact) mass is 260 g/mol. The van der Waals surface area contributed by atoms with Gasteiger partial charge in [-0.25, -0.2) is 8.42 Å². The van der Waals surface area contributed by atoms with E-state index >= 15 is 0 Å². The van der Waals surface area contributed by atoms with Gasteiger partial charge in [0.2, 0.25) is 0 Å². The highest BCUT2D eigenvalue weighted by Crippen LogP contribution is 2.22.